The number of aromatic nitrogens is 4. The first-order valence-corrected chi connectivity index (χ1v) is 10.8. The molecular weight excluding hydrogens is 392 g/mol. The maximum Gasteiger partial charge on any atom is 0.270 e. The highest BCUT2D eigenvalue weighted by Gasteiger charge is 2.25. The number of hydrogen-bond acceptors (Lipinski definition) is 7. The Hall–Kier alpha value is -2.78. The number of H-pyrrole nitrogens is 1. The van der Waals surface area contributed by atoms with E-state index in [1.807, 2.05) is 34.8 Å². The number of fused-ring (bicyclic) bond motifs is 1. The van der Waals surface area contributed by atoms with Crippen LogP contribution in [0, 0.1) is 6.92 Å². The largest absolute Gasteiger partial charge is 0.357 e. The molecule has 1 aliphatic heterocycles. The lowest BCUT2D eigenvalue weighted by Crippen LogP contribution is -2.49. The summed E-state index contributed by atoms with van der Waals surface area (Å²) in [5.74, 6) is 0.987. The van der Waals surface area contributed by atoms with Gasteiger partial charge in [0, 0.05) is 43.3 Å². The molecule has 1 amide bonds. The van der Waals surface area contributed by atoms with E-state index in [-0.39, 0.29) is 5.91 Å². The summed E-state index contributed by atoms with van der Waals surface area (Å²) in [6.45, 7) is 4.82. The number of rotatable bonds is 3. The second-order valence-corrected chi connectivity index (χ2v) is 8.63. The van der Waals surface area contributed by atoms with Crippen LogP contribution in [0.2, 0.25) is 0 Å². The number of thiazole rings is 1. The van der Waals surface area contributed by atoms with Crippen LogP contribution in [-0.4, -0.2) is 56.9 Å². The maximum atomic E-state index is 12.9. The third-order valence-corrected chi connectivity index (χ3v) is 6.53. The molecule has 0 radical (unpaired) electrons. The number of nitrogens with one attached hydrogen (secondary N) is 1. The van der Waals surface area contributed by atoms with E-state index in [0.29, 0.717) is 18.8 Å². The van der Waals surface area contributed by atoms with Gasteiger partial charge in [0.1, 0.15) is 22.7 Å². The fourth-order valence-corrected chi connectivity index (χ4v) is 4.83. The summed E-state index contributed by atoms with van der Waals surface area (Å²) in [6, 6.07) is 3.95. The zero-order valence-corrected chi connectivity index (χ0v) is 16.9. The first-order chi connectivity index (χ1) is 13.7. The Labute approximate surface area is 169 Å². The summed E-state index contributed by atoms with van der Waals surface area (Å²) in [4.78, 5) is 34.4. The minimum absolute atomic E-state index is 0.0289. The van der Waals surface area contributed by atoms with Gasteiger partial charge in [0.05, 0.1) is 16.1 Å². The molecule has 1 N–H and O–H groups in total. The average molecular weight is 411 g/mol. The van der Waals surface area contributed by atoms with Crippen molar-refractivity contribution in [2.75, 3.05) is 31.1 Å². The summed E-state index contributed by atoms with van der Waals surface area (Å²) in [7, 11) is 0. The number of anilines is 1. The minimum atomic E-state index is 0.0289. The van der Waals surface area contributed by atoms with Gasteiger partial charge >= 0.3 is 0 Å². The van der Waals surface area contributed by atoms with E-state index in [1.165, 1.54) is 0 Å². The number of aryl methyl sites for hydroxylation is 1. The molecule has 1 aliphatic rings. The van der Waals surface area contributed by atoms with Crippen molar-refractivity contribution in [3.63, 3.8) is 0 Å². The van der Waals surface area contributed by atoms with E-state index in [9.17, 15) is 4.79 Å². The summed E-state index contributed by atoms with van der Waals surface area (Å²) >= 11 is 3.23. The predicted octanol–water partition coefficient (Wildman–Crippen LogP) is 3.41. The van der Waals surface area contributed by atoms with Gasteiger partial charge in [0.25, 0.3) is 5.91 Å². The number of amides is 1. The van der Waals surface area contributed by atoms with Crippen LogP contribution in [0.15, 0.2) is 35.4 Å². The quantitative estimate of drug-likeness (QED) is 0.560. The van der Waals surface area contributed by atoms with Gasteiger partial charge in [-0.3, -0.25) is 4.79 Å². The molecule has 5 rings (SSSR count). The van der Waals surface area contributed by atoms with Crippen molar-refractivity contribution >= 4 is 44.6 Å². The average Bonchev–Trinajstić information content (AvgIpc) is 3.47. The highest BCUT2D eigenvalue weighted by Crippen LogP contribution is 2.28. The molecule has 0 aromatic carbocycles. The highest BCUT2D eigenvalue weighted by molar-refractivity contribution is 7.16. The van der Waals surface area contributed by atoms with Crippen LogP contribution in [0.3, 0.4) is 0 Å². The van der Waals surface area contributed by atoms with Gasteiger partial charge in [0.2, 0.25) is 0 Å². The molecule has 0 unspecified atom stereocenters. The lowest BCUT2D eigenvalue weighted by molar-refractivity contribution is 0.0741. The number of piperazine rings is 1. The lowest BCUT2D eigenvalue weighted by atomic mass is 10.2. The summed E-state index contributed by atoms with van der Waals surface area (Å²) < 4.78 is 0. The molecule has 142 valence electrons. The second-order valence-electron chi connectivity index (χ2n) is 6.67. The van der Waals surface area contributed by atoms with Crippen LogP contribution in [0.1, 0.15) is 15.5 Å². The zero-order chi connectivity index (χ0) is 19.1. The SMILES string of the molecule is Cc1nc(-c2c[nH]c(C(=O)N3CCN(c4ncnc5sccc45)CC3)c2)cs1. The zero-order valence-electron chi connectivity index (χ0n) is 15.3. The predicted molar refractivity (Wildman–Crippen MR) is 112 cm³/mol. The molecule has 1 fully saturated rings. The van der Waals surface area contributed by atoms with Gasteiger partial charge in [0.15, 0.2) is 0 Å². The Morgan fingerprint density at radius 3 is 2.82 bits per heavy atom. The third kappa shape index (κ3) is 3.06. The fraction of sp³-hybridized carbons (Fsp3) is 0.263. The van der Waals surface area contributed by atoms with E-state index < -0.39 is 0 Å². The molecule has 7 nitrogen and oxygen atoms in total. The van der Waals surface area contributed by atoms with Crippen LogP contribution >= 0.6 is 22.7 Å². The number of aromatic amines is 1. The Balaban J connectivity index is 1.28. The van der Waals surface area contributed by atoms with E-state index in [1.54, 1.807) is 29.0 Å². The molecular formula is C19H18N6OS2. The van der Waals surface area contributed by atoms with Crippen LogP contribution in [0.5, 0.6) is 0 Å². The molecule has 0 aliphatic carbocycles. The normalized spacial score (nSPS) is 14.8. The van der Waals surface area contributed by atoms with Gasteiger partial charge in [-0.15, -0.1) is 22.7 Å². The van der Waals surface area contributed by atoms with Gasteiger partial charge in [-0.25, -0.2) is 15.0 Å². The van der Waals surface area contributed by atoms with Crippen LogP contribution in [0.25, 0.3) is 21.5 Å². The van der Waals surface area contributed by atoms with Gasteiger partial charge in [-0.2, -0.15) is 0 Å². The Morgan fingerprint density at radius 2 is 2.04 bits per heavy atom. The maximum absolute atomic E-state index is 12.9. The third-order valence-electron chi connectivity index (χ3n) is 4.94. The van der Waals surface area contributed by atoms with Crippen LogP contribution < -0.4 is 4.90 Å². The van der Waals surface area contributed by atoms with Gasteiger partial charge in [-0.05, 0) is 24.4 Å². The van der Waals surface area contributed by atoms with Crippen molar-refractivity contribution in [2.45, 2.75) is 6.92 Å². The molecule has 0 bridgehead atoms. The molecule has 0 atom stereocenters. The van der Waals surface area contributed by atoms with Crippen LogP contribution in [0.4, 0.5) is 5.82 Å². The summed E-state index contributed by atoms with van der Waals surface area (Å²) in [5.41, 5.74) is 2.47. The van der Waals surface area contributed by atoms with E-state index in [4.69, 9.17) is 0 Å². The summed E-state index contributed by atoms with van der Waals surface area (Å²) in [6.07, 6.45) is 3.47. The molecule has 1 saturated heterocycles. The Morgan fingerprint density at radius 1 is 1.18 bits per heavy atom. The highest BCUT2D eigenvalue weighted by atomic mass is 32.1. The topological polar surface area (TPSA) is 78.0 Å². The van der Waals surface area contributed by atoms with Crippen molar-refractivity contribution in [1.82, 2.24) is 24.8 Å². The standard InChI is InChI=1S/C19H18N6OS2/c1-12-23-16(10-28-12)13-8-15(20-9-13)19(26)25-5-3-24(4-6-25)17-14-2-7-27-18(14)22-11-21-17/h2,7-11,20H,3-6H2,1H3. The number of carbonyl (C=O) groups excluding carboxylic acids is 1. The first kappa shape index (κ1) is 17.3. The van der Waals surface area contributed by atoms with Gasteiger partial charge in [-0.1, -0.05) is 0 Å². The molecule has 5 heterocycles. The first-order valence-electron chi connectivity index (χ1n) is 9.02. The number of carbonyl (C=O) groups is 1. The molecule has 4 aromatic heterocycles. The Bertz CT molecular complexity index is 1140. The molecule has 4 aromatic rings. The Kier molecular flexibility index (Phi) is 4.33. The van der Waals surface area contributed by atoms with Crippen molar-refractivity contribution in [2.24, 2.45) is 0 Å². The molecule has 9 heteroatoms. The molecule has 0 saturated carbocycles. The minimum Gasteiger partial charge on any atom is -0.357 e. The van der Waals surface area contributed by atoms with Crippen LogP contribution in [-0.2, 0) is 0 Å². The second kappa shape index (κ2) is 6.99. The molecule has 0 spiro atoms. The van der Waals surface area contributed by atoms with Crippen molar-refractivity contribution in [3.05, 3.63) is 46.1 Å². The molecule has 28 heavy (non-hydrogen) atoms. The lowest BCUT2D eigenvalue weighted by Gasteiger charge is -2.35. The number of nitrogens with zero attached hydrogens (tertiary/aromatic N) is 5. The van der Waals surface area contributed by atoms with E-state index in [0.717, 1.165) is 45.4 Å². The number of thiophene rings is 1. The van der Waals surface area contributed by atoms with Crippen molar-refractivity contribution in [1.29, 1.82) is 0 Å². The fourth-order valence-electron chi connectivity index (χ4n) is 3.48. The van der Waals surface area contributed by atoms with Crippen molar-refractivity contribution < 1.29 is 4.79 Å². The van der Waals surface area contributed by atoms with E-state index in [2.05, 4.69) is 30.9 Å². The van der Waals surface area contributed by atoms with E-state index >= 15 is 0 Å². The monoisotopic (exact) mass is 410 g/mol. The number of hydrogen-bond donors (Lipinski definition) is 1. The van der Waals surface area contributed by atoms with Gasteiger partial charge < -0.3 is 14.8 Å². The van der Waals surface area contributed by atoms with Crippen molar-refractivity contribution in [3.8, 4) is 11.3 Å². The smallest absolute Gasteiger partial charge is 0.270 e. The summed E-state index contributed by atoms with van der Waals surface area (Å²) in [5, 5.41) is 6.15.